The average Bonchev–Trinajstić information content (AvgIpc) is 2.83. The lowest BCUT2D eigenvalue weighted by Crippen LogP contribution is -2.39. The van der Waals surface area contributed by atoms with Gasteiger partial charge < -0.3 is 4.74 Å². The van der Waals surface area contributed by atoms with Gasteiger partial charge in [-0.2, -0.15) is 13.2 Å². The highest BCUT2D eigenvalue weighted by Gasteiger charge is 2.46. The zero-order valence-electron chi connectivity index (χ0n) is 12.2. The van der Waals surface area contributed by atoms with Crippen LogP contribution in [0.15, 0.2) is 12.7 Å². The molecular formula is C13H20F3NO4S. The van der Waals surface area contributed by atoms with Gasteiger partial charge in [0.1, 0.15) is 0 Å². The van der Waals surface area contributed by atoms with E-state index >= 15 is 0 Å². The second kappa shape index (κ2) is 7.45. The molecule has 0 saturated heterocycles. The lowest BCUT2D eigenvalue weighted by molar-refractivity contribution is -0.139. The van der Waals surface area contributed by atoms with Crippen LogP contribution in [0.2, 0.25) is 0 Å². The molecule has 1 fully saturated rings. The first-order valence-electron chi connectivity index (χ1n) is 6.95. The van der Waals surface area contributed by atoms with E-state index in [4.69, 9.17) is 4.74 Å². The Morgan fingerprint density at radius 3 is 2.45 bits per heavy atom. The van der Waals surface area contributed by atoms with Gasteiger partial charge in [-0.3, -0.25) is 0 Å². The molecule has 1 rings (SSSR count). The van der Waals surface area contributed by atoms with E-state index in [1.165, 1.54) is 0 Å². The monoisotopic (exact) mass is 343 g/mol. The van der Waals surface area contributed by atoms with Crippen LogP contribution in [0.4, 0.5) is 13.2 Å². The van der Waals surface area contributed by atoms with Crippen molar-refractivity contribution in [1.29, 1.82) is 0 Å². The van der Waals surface area contributed by atoms with Crippen LogP contribution < -0.4 is 4.72 Å². The summed E-state index contributed by atoms with van der Waals surface area (Å²) in [5, 5.41) is 0. The highest BCUT2D eigenvalue weighted by atomic mass is 32.2. The van der Waals surface area contributed by atoms with Crippen molar-refractivity contribution in [2.75, 3.05) is 13.2 Å². The molecule has 3 unspecified atom stereocenters. The summed E-state index contributed by atoms with van der Waals surface area (Å²) < 4.78 is 65.5. The third kappa shape index (κ3) is 4.98. The largest absolute Gasteiger partial charge is 0.511 e. The molecule has 1 N–H and O–H groups in total. The molecule has 0 spiro atoms. The van der Waals surface area contributed by atoms with Crippen LogP contribution in [0.3, 0.4) is 0 Å². The highest BCUT2D eigenvalue weighted by molar-refractivity contribution is 7.90. The lowest BCUT2D eigenvalue weighted by atomic mass is 9.94. The Morgan fingerprint density at radius 2 is 1.95 bits per heavy atom. The fourth-order valence-electron chi connectivity index (χ4n) is 2.78. The molecule has 0 aromatic heterocycles. The second-order valence-electron chi connectivity index (χ2n) is 5.40. The van der Waals surface area contributed by atoms with E-state index in [1.807, 2.05) is 6.92 Å². The molecule has 22 heavy (non-hydrogen) atoms. The zero-order chi connectivity index (χ0) is 17.0. The maximum absolute atomic E-state index is 12.3. The minimum absolute atomic E-state index is 0.0224. The van der Waals surface area contributed by atoms with Gasteiger partial charge in [-0.05, 0) is 30.6 Å². The summed E-state index contributed by atoms with van der Waals surface area (Å²) >= 11 is 0. The molecular weight excluding hydrogens is 323 g/mol. The van der Waals surface area contributed by atoms with Crippen molar-refractivity contribution in [3.8, 4) is 0 Å². The van der Waals surface area contributed by atoms with E-state index in [1.54, 1.807) is 4.72 Å². The summed E-state index contributed by atoms with van der Waals surface area (Å²) in [6.07, 6.45) is 2.98. The average molecular weight is 343 g/mol. The first-order valence-corrected chi connectivity index (χ1v) is 8.44. The van der Waals surface area contributed by atoms with Gasteiger partial charge in [0.05, 0.1) is 6.61 Å². The molecule has 1 aliphatic rings. The van der Waals surface area contributed by atoms with Crippen molar-refractivity contribution in [3.05, 3.63) is 12.7 Å². The summed E-state index contributed by atoms with van der Waals surface area (Å²) in [6, 6.07) is 0. The van der Waals surface area contributed by atoms with Crippen LogP contribution in [0.1, 0.15) is 26.2 Å². The van der Waals surface area contributed by atoms with Gasteiger partial charge in [0.2, 0.25) is 0 Å². The van der Waals surface area contributed by atoms with Crippen molar-refractivity contribution >= 4 is 16.0 Å². The zero-order valence-corrected chi connectivity index (χ0v) is 13.0. The lowest BCUT2D eigenvalue weighted by Gasteiger charge is -2.18. The number of sulfonamides is 1. The number of hydrogen-bond donors (Lipinski definition) is 1. The molecule has 128 valence electrons. The molecule has 0 aliphatic heterocycles. The summed E-state index contributed by atoms with van der Waals surface area (Å²) in [4.78, 5) is 11.0. The molecule has 0 aromatic carbocycles. The molecule has 1 aliphatic carbocycles. The SMILES string of the molecule is C=CC(=O)OCC1CC(CC)C(CNS(=O)(=O)C(F)(F)F)C1. The predicted octanol–water partition coefficient (Wildman–Crippen LogP) is 2.21. The van der Waals surface area contributed by atoms with Crippen LogP contribution >= 0.6 is 0 Å². The van der Waals surface area contributed by atoms with E-state index in [-0.39, 0.29) is 30.9 Å². The van der Waals surface area contributed by atoms with Gasteiger partial charge in [-0.15, -0.1) is 0 Å². The first-order chi connectivity index (χ1) is 10.1. The molecule has 9 heteroatoms. The Balaban J connectivity index is 2.56. The Kier molecular flexibility index (Phi) is 6.42. The Bertz CT molecular complexity index is 504. The maximum atomic E-state index is 12.3. The van der Waals surface area contributed by atoms with Gasteiger partial charge in [0, 0.05) is 12.6 Å². The molecule has 0 radical (unpaired) electrons. The fraction of sp³-hybridized carbons (Fsp3) is 0.769. The number of halogens is 3. The minimum Gasteiger partial charge on any atom is -0.462 e. The Hall–Kier alpha value is -1.09. The van der Waals surface area contributed by atoms with Crippen molar-refractivity contribution in [2.45, 2.75) is 31.7 Å². The van der Waals surface area contributed by atoms with E-state index < -0.39 is 21.5 Å². The van der Waals surface area contributed by atoms with Crippen LogP contribution in [0.5, 0.6) is 0 Å². The highest BCUT2D eigenvalue weighted by Crippen LogP contribution is 2.38. The number of nitrogens with one attached hydrogen (secondary N) is 1. The standard InChI is InChI=1S/C13H20F3NO4S/c1-3-10-5-9(8-21-12(18)4-2)6-11(10)7-17-22(19,20)13(14,15)16/h4,9-11,17H,2-3,5-8H2,1H3. The van der Waals surface area contributed by atoms with Crippen molar-refractivity contribution < 1.29 is 31.1 Å². The van der Waals surface area contributed by atoms with E-state index in [0.29, 0.717) is 12.8 Å². The number of hydrogen-bond acceptors (Lipinski definition) is 4. The summed E-state index contributed by atoms with van der Waals surface area (Å²) in [6.45, 7) is 5.08. The van der Waals surface area contributed by atoms with Crippen LogP contribution in [0.25, 0.3) is 0 Å². The smallest absolute Gasteiger partial charge is 0.462 e. The summed E-state index contributed by atoms with van der Waals surface area (Å²) in [7, 11) is -5.31. The second-order valence-corrected chi connectivity index (χ2v) is 7.16. The molecule has 0 amide bonds. The summed E-state index contributed by atoms with van der Waals surface area (Å²) in [5.41, 5.74) is -5.30. The van der Waals surface area contributed by atoms with Gasteiger partial charge in [-0.25, -0.2) is 17.9 Å². The van der Waals surface area contributed by atoms with Gasteiger partial charge >= 0.3 is 21.5 Å². The molecule has 0 bridgehead atoms. The molecule has 3 atom stereocenters. The van der Waals surface area contributed by atoms with Crippen LogP contribution in [-0.4, -0.2) is 33.0 Å². The van der Waals surface area contributed by atoms with E-state index in [9.17, 15) is 26.4 Å². The molecule has 5 nitrogen and oxygen atoms in total. The third-order valence-electron chi connectivity index (χ3n) is 3.93. The number of carbonyl (C=O) groups is 1. The predicted molar refractivity (Wildman–Crippen MR) is 74.1 cm³/mol. The van der Waals surface area contributed by atoms with Crippen LogP contribution in [-0.2, 0) is 19.6 Å². The normalized spacial score (nSPS) is 25.9. The number of rotatable bonds is 7. The number of carbonyl (C=O) groups excluding carboxylic acids is 1. The third-order valence-corrected chi connectivity index (χ3v) is 5.09. The topological polar surface area (TPSA) is 72.5 Å². The molecule has 1 saturated carbocycles. The Labute approximate surface area is 128 Å². The number of esters is 1. The summed E-state index contributed by atoms with van der Waals surface area (Å²) in [5.74, 6) is -0.624. The van der Waals surface area contributed by atoms with Crippen molar-refractivity contribution in [1.82, 2.24) is 4.72 Å². The minimum atomic E-state index is -5.31. The number of ether oxygens (including phenoxy) is 1. The van der Waals surface area contributed by atoms with Gasteiger partial charge in [0.15, 0.2) is 0 Å². The van der Waals surface area contributed by atoms with E-state index in [2.05, 4.69) is 6.58 Å². The molecule has 0 aromatic rings. The molecule has 0 heterocycles. The van der Waals surface area contributed by atoms with Gasteiger partial charge in [0.25, 0.3) is 0 Å². The van der Waals surface area contributed by atoms with Gasteiger partial charge in [-0.1, -0.05) is 19.9 Å². The van der Waals surface area contributed by atoms with Crippen molar-refractivity contribution in [2.24, 2.45) is 17.8 Å². The number of alkyl halides is 3. The van der Waals surface area contributed by atoms with E-state index in [0.717, 1.165) is 12.5 Å². The van der Waals surface area contributed by atoms with Crippen LogP contribution in [0, 0.1) is 17.8 Å². The van der Waals surface area contributed by atoms with Crippen molar-refractivity contribution in [3.63, 3.8) is 0 Å². The quantitative estimate of drug-likeness (QED) is 0.568. The first kappa shape index (κ1) is 19.0. The fourth-order valence-corrected chi connectivity index (χ4v) is 3.38. The maximum Gasteiger partial charge on any atom is 0.511 e. The Morgan fingerprint density at radius 1 is 1.36 bits per heavy atom.